The summed E-state index contributed by atoms with van der Waals surface area (Å²) in [5, 5.41) is 10.1. The highest BCUT2D eigenvalue weighted by Crippen LogP contribution is 2.27. The van der Waals surface area contributed by atoms with Crippen LogP contribution in [-0.4, -0.2) is 24.6 Å². The number of aliphatic hydroxyl groups is 1. The summed E-state index contributed by atoms with van der Waals surface area (Å²) in [6.45, 7) is 6.47. The molecule has 0 bridgehead atoms. The third kappa shape index (κ3) is 5.12. The van der Waals surface area contributed by atoms with E-state index in [9.17, 15) is 18.7 Å². The smallest absolute Gasteiger partial charge is 0.277 e. The Labute approximate surface area is 211 Å². The van der Waals surface area contributed by atoms with E-state index >= 15 is 0 Å². The molecule has 7 nitrogen and oxygen atoms in total. The quantitative estimate of drug-likeness (QED) is 0.389. The van der Waals surface area contributed by atoms with Gasteiger partial charge in [0.2, 0.25) is 0 Å². The number of rotatable bonds is 6. The molecule has 0 fully saturated rings. The Morgan fingerprint density at radius 2 is 1.86 bits per heavy atom. The fourth-order valence-electron chi connectivity index (χ4n) is 3.59. The van der Waals surface area contributed by atoms with Crippen molar-refractivity contribution in [3.63, 3.8) is 0 Å². The summed E-state index contributed by atoms with van der Waals surface area (Å²) in [7, 11) is 0. The maximum absolute atomic E-state index is 13.9. The van der Waals surface area contributed by atoms with Crippen LogP contribution in [0.15, 0.2) is 53.6 Å². The van der Waals surface area contributed by atoms with Gasteiger partial charge in [-0.05, 0) is 57.5 Å². The Hall–Kier alpha value is -3.69. The molecule has 0 amide bonds. The summed E-state index contributed by atoms with van der Waals surface area (Å²) >= 11 is 6.33. The van der Waals surface area contributed by atoms with Crippen LogP contribution in [-0.2, 0) is 12.2 Å². The highest BCUT2D eigenvalue weighted by atomic mass is 35.5. The second kappa shape index (κ2) is 9.75. The van der Waals surface area contributed by atoms with Crippen molar-refractivity contribution >= 4 is 11.6 Å². The standard InChI is InChI=1S/C26H23ClF2N4O3/c1-14-12-31-25(26(3,4)35)32-23(14)20-11-18(7-8-30-20)33-15(2)9-21(22(27)24(33)34)36-13-16-5-6-17(28)10-19(16)29/h5-12,35H,13H2,1-4H3. The van der Waals surface area contributed by atoms with Crippen LogP contribution >= 0.6 is 11.6 Å². The van der Waals surface area contributed by atoms with Crippen LogP contribution in [0.25, 0.3) is 17.1 Å². The second-order valence-electron chi connectivity index (χ2n) is 8.81. The van der Waals surface area contributed by atoms with Crippen molar-refractivity contribution in [2.24, 2.45) is 0 Å². The maximum atomic E-state index is 13.9. The molecular weight excluding hydrogens is 490 g/mol. The molecule has 0 aliphatic heterocycles. The Bertz CT molecular complexity index is 1520. The van der Waals surface area contributed by atoms with Crippen LogP contribution in [0.4, 0.5) is 8.78 Å². The maximum Gasteiger partial charge on any atom is 0.277 e. The van der Waals surface area contributed by atoms with Gasteiger partial charge in [-0.2, -0.15) is 0 Å². The fraction of sp³-hybridized carbons (Fsp3) is 0.231. The van der Waals surface area contributed by atoms with Crippen LogP contribution in [0.5, 0.6) is 5.75 Å². The average molecular weight is 513 g/mol. The minimum absolute atomic E-state index is 0.0786. The van der Waals surface area contributed by atoms with Crippen molar-refractivity contribution in [2.45, 2.75) is 39.9 Å². The van der Waals surface area contributed by atoms with E-state index in [1.165, 1.54) is 16.8 Å². The monoisotopic (exact) mass is 512 g/mol. The minimum atomic E-state index is -1.24. The van der Waals surface area contributed by atoms with Crippen molar-refractivity contribution in [2.75, 3.05) is 0 Å². The first kappa shape index (κ1) is 25.4. The zero-order valence-electron chi connectivity index (χ0n) is 20.0. The number of benzene rings is 1. The largest absolute Gasteiger partial charge is 0.487 e. The van der Waals surface area contributed by atoms with Crippen LogP contribution in [0.2, 0.25) is 5.02 Å². The van der Waals surface area contributed by atoms with Gasteiger partial charge in [0, 0.05) is 35.8 Å². The van der Waals surface area contributed by atoms with E-state index in [0.29, 0.717) is 22.8 Å². The molecule has 0 aliphatic rings. The van der Waals surface area contributed by atoms with Crippen molar-refractivity contribution in [1.29, 1.82) is 0 Å². The summed E-state index contributed by atoms with van der Waals surface area (Å²) in [4.78, 5) is 26.2. The summed E-state index contributed by atoms with van der Waals surface area (Å²) in [6, 6.07) is 8.04. The van der Waals surface area contributed by atoms with Gasteiger partial charge in [0.1, 0.15) is 34.6 Å². The predicted molar refractivity (Wildman–Crippen MR) is 131 cm³/mol. The molecule has 36 heavy (non-hydrogen) atoms. The van der Waals surface area contributed by atoms with Crippen LogP contribution in [0.1, 0.15) is 36.5 Å². The van der Waals surface area contributed by atoms with Gasteiger partial charge in [-0.3, -0.25) is 14.3 Å². The molecule has 1 N–H and O–H groups in total. The molecule has 0 saturated heterocycles. The van der Waals surface area contributed by atoms with E-state index in [2.05, 4.69) is 15.0 Å². The normalized spacial score (nSPS) is 11.6. The van der Waals surface area contributed by atoms with Gasteiger partial charge in [0.15, 0.2) is 5.82 Å². The van der Waals surface area contributed by atoms with E-state index in [1.54, 1.807) is 45.2 Å². The fourth-order valence-corrected chi connectivity index (χ4v) is 3.78. The van der Waals surface area contributed by atoms with E-state index in [0.717, 1.165) is 17.7 Å². The van der Waals surface area contributed by atoms with Gasteiger partial charge in [-0.15, -0.1) is 0 Å². The van der Waals surface area contributed by atoms with Gasteiger partial charge in [0.25, 0.3) is 5.56 Å². The van der Waals surface area contributed by atoms with Gasteiger partial charge in [-0.1, -0.05) is 11.6 Å². The molecule has 0 atom stereocenters. The molecule has 4 rings (SSSR count). The molecular formula is C26H23ClF2N4O3. The third-order valence-electron chi connectivity index (χ3n) is 5.46. The van der Waals surface area contributed by atoms with Gasteiger partial charge >= 0.3 is 0 Å². The van der Waals surface area contributed by atoms with Crippen LogP contribution < -0.4 is 10.3 Å². The molecule has 0 unspecified atom stereocenters. The van der Waals surface area contributed by atoms with E-state index < -0.39 is 22.8 Å². The Morgan fingerprint density at radius 1 is 1.11 bits per heavy atom. The molecule has 186 valence electrons. The first-order valence-corrected chi connectivity index (χ1v) is 11.4. The zero-order chi connectivity index (χ0) is 26.2. The van der Waals surface area contributed by atoms with Gasteiger partial charge in [-0.25, -0.2) is 18.7 Å². The van der Waals surface area contributed by atoms with Crippen molar-refractivity contribution in [1.82, 2.24) is 19.5 Å². The first-order valence-electron chi connectivity index (χ1n) is 11.0. The predicted octanol–water partition coefficient (Wildman–Crippen LogP) is 5.04. The third-order valence-corrected chi connectivity index (χ3v) is 5.81. The topological polar surface area (TPSA) is 90.1 Å². The molecule has 4 aromatic rings. The number of halogens is 3. The Morgan fingerprint density at radius 3 is 2.56 bits per heavy atom. The molecule has 0 aliphatic carbocycles. The van der Waals surface area contributed by atoms with Crippen molar-refractivity contribution < 1.29 is 18.6 Å². The number of hydrogen-bond donors (Lipinski definition) is 1. The highest BCUT2D eigenvalue weighted by molar-refractivity contribution is 6.31. The van der Waals surface area contributed by atoms with Crippen molar-refractivity contribution in [3.05, 3.63) is 98.4 Å². The summed E-state index contributed by atoms with van der Waals surface area (Å²) in [5.74, 6) is -1.13. The van der Waals surface area contributed by atoms with Crippen LogP contribution in [0.3, 0.4) is 0 Å². The van der Waals surface area contributed by atoms with E-state index in [1.807, 2.05) is 6.92 Å². The Kier molecular flexibility index (Phi) is 6.88. The number of hydrogen-bond acceptors (Lipinski definition) is 6. The number of aromatic nitrogens is 4. The van der Waals surface area contributed by atoms with Crippen LogP contribution in [0, 0.1) is 25.5 Å². The Balaban J connectivity index is 1.70. The summed E-state index contributed by atoms with van der Waals surface area (Å²) in [6.07, 6.45) is 3.14. The molecule has 3 heterocycles. The lowest BCUT2D eigenvalue weighted by Crippen LogP contribution is -2.22. The molecule has 1 aromatic carbocycles. The molecule has 10 heteroatoms. The van der Waals surface area contributed by atoms with Gasteiger partial charge < -0.3 is 9.84 Å². The van der Waals surface area contributed by atoms with E-state index in [4.69, 9.17) is 16.3 Å². The number of ether oxygens (including phenoxy) is 1. The average Bonchev–Trinajstić information content (AvgIpc) is 2.81. The number of nitrogens with zero attached hydrogens (tertiary/aromatic N) is 4. The molecule has 3 aromatic heterocycles. The zero-order valence-corrected chi connectivity index (χ0v) is 20.8. The SMILES string of the molecule is Cc1cnc(C(C)(C)O)nc1-c1cc(-n2c(C)cc(OCc3ccc(F)cc3F)c(Cl)c2=O)ccn1. The molecule has 0 saturated carbocycles. The van der Waals surface area contributed by atoms with Crippen molar-refractivity contribution in [3.8, 4) is 22.8 Å². The lowest BCUT2D eigenvalue weighted by molar-refractivity contribution is 0.0688. The second-order valence-corrected chi connectivity index (χ2v) is 9.19. The summed E-state index contributed by atoms with van der Waals surface area (Å²) < 4.78 is 34.1. The lowest BCUT2D eigenvalue weighted by Gasteiger charge is -2.17. The van der Waals surface area contributed by atoms with E-state index in [-0.39, 0.29) is 28.8 Å². The first-order chi connectivity index (χ1) is 17.0. The lowest BCUT2D eigenvalue weighted by atomic mass is 10.1. The van der Waals surface area contributed by atoms with Gasteiger partial charge in [0.05, 0.1) is 17.1 Å². The highest BCUT2D eigenvalue weighted by Gasteiger charge is 2.22. The molecule has 0 spiro atoms. The number of pyridine rings is 2. The summed E-state index contributed by atoms with van der Waals surface area (Å²) in [5.41, 5.74) is 1.07. The number of aryl methyl sites for hydroxylation is 2. The minimum Gasteiger partial charge on any atom is -0.487 e. The molecule has 0 radical (unpaired) electrons.